The lowest BCUT2D eigenvalue weighted by Crippen LogP contribution is -2.14. The largest absolute Gasteiger partial charge is 0.512 e. The standard InChI is InChI=1S/C17H21FO3/c1-10-6-7-14(8-15(10)11(2)18)17(20)9-16(12(3)19)13(4)21-5/h6-8,11,16,19H,3-4,9H2,1-2,5H3. The molecule has 1 aromatic carbocycles. The fraction of sp³-hybridized carbons (Fsp3) is 0.353. The molecular formula is C17H21FO3. The molecule has 1 aromatic rings. The first-order chi connectivity index (χ1) is 9.77. The van der Waals surface area contributed by atoms with Crippen LogP contribution in [0.15, 0.2) is 42.9 Å². The van der Waals surface area contributed by atoms with Crippen molar-refractivity contribution >= 4 is 5.78 Å². The lowest BCUT2D eigenvalue weighted by atomic mass is 9.93. The van der Waals surface area contributed by atoms with Crippen LogP contribution < -0.4 is 0 Å². The average molecular weight is 292 g/mol. The van der Waals surface area contributed by atoms with Crippen LogP contribution in [0.4, 0.5) is 4.39 Å². The molecule has 0 aliphatic rings. The fourth-order valence-electron chi connectivity index (χ4n) is 2.11. The minimum absolute atomic E-state index is 0.0226. The summed E-state index contributed by atoms with van der Waals surface area (Å²) < 4.78 is 18.5. The molecule has 0 aliphatic heterocycles. The summed E-state index contributed by atoms with van der Waals surface area (Å²) in [5.41, 5.74) is 1.69. The molecule has 1 N–H and O–H groups in total. The number of aliphatic hydroxyl groups excluding tert-OH is 1. The number of Topliss-reactive ketones (excluding diaryl/α,β-unsaturated/α-hetero) is 1. The zero-order valence-corrected chi connectivity index (χ0v) is 12.6. The van der Waals surface area contributed by atoms with Crippen LogP contribution in [0.25, 0.3) is 0 Å². The van der Waals surface area contributed by atoms with Crippen LogP contribution in [0.2, 0.25) is 0 Å². The van der Waals surface area contributed by atoms with Crippen molar-refractivity contribution in [3.63, 3.8) is 0 Å². The van der Waals surface area contributed by atoms with E-state index in [2.05, 4.69) is 13.2 Å². The van der Waals surface area contributed by atoms with E-state index in [-0.39, 0.29) is 23.7 Å². The van der Waals surface area contributed by atoms with E-state index in [1.807, 2.05) is 0 Å². The number of rotatable bonds is 7. The second kappa shape index (κ2) is 7.07. The van der Waals surface area contributed by atoms with Crippen LogP contribution in [-0.2, 0) is 4.74 Å². The summed E-state index contributed by atoms with van der Waals surface area (Å²) in [7, 11) is 1.41. The highest BCUT2D eigenvalue weighted by Crippen LogP contribution is 2.26. The van der Waals surface area contributed by atoms with Crippen LogP contribution in [0.1, 0.15) is 41.0 Å². The fourth-order valence-corrected chi connectivity index (χ4v) is 2.11. The van der Waals surface area contributed by atoms with Gasteiger partial charge in [-0.05, 0) is 31.0 Å². The zero-order valence-electron chi connectivity index (χ0n) is 12.6. The topological polar surface area (TPSA) is 46.5 Å². The predicted molar refractivity (Wildman–Crippen MR) is 81.1 cm³/mol. The van der Waals surface area contributed by atoms with E-state index in [1.165, 1.54) is 14.0 Å². The Kier molecular flexibility index (Phi) is 5.70. The van der Waals surface area contributed by atoms with Crippen molar-refractivity contribution in [1.82, 2.24) is 0 Å². The Labute approximate surface area is 124 Å². The number of halogens is 1. The zero-order chi connectivity index (χ0) is 16.2. The Morgan fingerprint density at radius 3 is 2.52 bits per heavy atom. The highest BCUT2D eigenvalue weighted by Gasteiger charge is 2.22. The number of ketones is 1. The van der Waals surface area contributed by atoms with Gasteiger partial charge < -0.3 is 9.84 Å². The summed E-state index contributed by atoms with van der Waals surface area (Å²) in [5.74, 6) is -0.811. The molecule has 4 heteroatoms. The molecule has 1 rings (SSSR count). The van der Waals surface area contributed by atoms with E-state index in [0.717, 1.165) is 5.56 Å². The van der Waals surface area contributed by atoms with Gasteiger partial charge in [-0.25, -0.2) is 4.39 Å². The van der Waals surface area contributed by atoms with Crippen molar-refractivity contribution < 1.29 is 19.0 Å². The molecule has 0 saturated carbocycles. The first kappa shape index (κ1) is 17.0. The molecule has 2 atom stereocenters. The molecule has 114 valence electrons. The van der Waals surface area contributed by atoms with Crippen LogP contribution in [0.3, 0.4) is 0 Å². The Bertz CT molecular complexity index is 561. The number of benzene rings is 1. The van der Waals surface area contributed by atoms with Crippen molar-refractivity contribution in [1.29, 1.82) is 0 Å². The van der Waals surface area contributed by atoms with Crippen LogP contribution in [0, 0.1) is 12.8 Å². The van der Waals surface area contributed by atoms with Gasteiger partial charge in [0, 0.05) is 12.0 Å². The van der Waals surface area contributed by atoms with Crippen molar-refractivity contribution in [3.8, 4) is 0 Å². The number of carbonyl (C=O) groups excluding carboxylic acids is 1. The number of methoxy groups -OCH3 is 1. The van der Waals surface area contributed by atoms with Gasteiger partial charge in [-0.1, -0.05) is 25.3 Å². The first-order valence-electron chi connectivity index (χ1n) is 6.66. The van der Waals surface area contributed by atoms with Gasteiger partial charge in [-0.2, -0.15) is 0 Å². The van der Waals surface area contributed by atoms with E-state index in [0.29, 0.717) is 11.1 Å². The average Bonchev–Trinajstić information content (AvgIpc) is 2.43. The minimum Gasteiger partial charge on any atom is -0.512 e. The van der Waals surface area contributed by atoms with Gasteiger partial charge in [0.1, 0.15) is 6.17 Å². The molecule has 0 aromatic heterocycles. The summed E-state index contributed by atoms with van der Waals surface area (Å²) in [4.78, 5) is 12.3. The Hall–Kier alpha value is -2.10. The highest BCUT2D eigenvalue weighted by molar-refractivity contribution is 5.96. The second-order valence-corrected chi connectivity index (χ2v) is 5.03. The molecule has 0 bridgehead atoms. The third-order valence-corrected chi connectivity index (χ3v) is 3.47. The Morgan fingerprint density at radius 1 is 1.43 bits per heavy atom. The van der Waals surface area contributed by atoms with E-state index >= 15 is 0 Å². The van der Waals surface area contributed by atoms with E-state index in [4.69, 9.17) is 4.74 Å². The van der Waals surface area contributed by atoms with E-state index < -0.39 is 12.1 Å². The number of carbonyl (C=O) groups is 1. The number of hydrogen-bond donors (Lipinski definition) is 1. The number of hydrogen-bond acceptors (Lipinski definition) is 3. The molecule has 0 radical (unpaired) electrons. The summed E-state index contributed by atoms with van der Waals surface area (Å²) in [6.45, 7) is 10.3. The molecule has 0 aliphatic carbocycles. The molecule has 0 amide bonds. The molecule has 3 nitrogen and oxygen atoms in total. The van der Waals surface area contributed by atoms with Gasteiger partial charge >= 0.3 is 0 Å². The lowest BCUT2D eigenvalue weighted by molar-refractivity contribution is 0.0947. The van der Waals surface area contributed by atoms with Gasteiger partial charge in [0.25, 0.3) is 0 Å². The van der Waals surface area contributed by atoms with Crippen molar-refractivity contribution in [2.45, 2.75) is 26.4 Å². The Morgan fingerprint density at radius 2 is 2.05 bits per heavy atom. The lowest BCUT2D eigenvalue weighted by Gasteiger charge is -2.17. The molecule has 21 heavy (non-hydrogen) atoms. The molecule has 2 unspecified atom stereocenters. The minimum atomic E-state index is -1.14. The van der Waals surface area contributed by atoms with Crippen molar-refractivity contribution in [2.75, 3.05) is 7.11 Å². The quantitative estimate of drug-likeness (QED) is 0.596. The van der Waals surface area contributed by atoms with Crippen LogP contribution in [-0.4, -0.2) is 18.0 Å². The third-order valence-electron chi connectivity index (χ3n) is 3.47. The summed E-state index contributed by atoms with van der Waals surface area (Å²) >= 11 is 0. The normalized spacial score (nSPS) is 13.3. The predicted octanol–water partition coefficient (Wildman–Crippen LogP) is 4.45. The number of aliphatic hydroxyl groups is 1. The summed E-state index contributed by atoms with van der Waals surface area (Å²) in [5, 5.41) is 9.55. The van der Waals surface area contributed by atoms with E-state index in [1.54, 1.807) is 25.1 Å². The molecular weight excluding hydrogens is 271 g/mol. The maximum absolute atomic E-state index is 13.5. The number of alkyl halides is 1. The monoisotopic (exact) mass is 292 g/mol. The molecule has 0 fully saturated rings. The molecule has 0 spiro atoms. The van der Waals surface area contributed by atoms with Gasteiger partial charge in [-0.15, -0.1) is 0 Å². The number of ether oxygens (including phenoxy) is 1. The van der Waals surface area contributed by atoms with Gasteiger partial charge in [0.15, 0.2) is 5.78 Å². The second-order valence-electron chi connectivity index (χ2n) is 5.03. The number of aryl methyl sites for hydroxylation is 1. The van der Waals surface area contributed by atoms with Gasteiger partial charge in [-0.3, -0.25) is 4.79 Å². The van der Waals surface area contributed by atoms with Gasteiger partial charge in [0.2, 0.25) is 0 Å². The van der Waals surface area contributed by atoms with Crippen LogP contribution in [0.5, 0.6) is 0 Å². The third kappa shape index (κ3) is 4.18. The molecule has 0 saturated heterocycles. The maximum atomic E-state index is 13.5. The van der Waals surface area contributed by atoms with Gasteiger partial charge in [0.05, 0.1) is 24.5 Å². The maximum Gasteiger partial charge on any atom is 0.164 e. The van der Waals surface area contributed by atoms with Crippen molar-refractivity contribution in [3.05, 3.63) is 59.6 Å². The first-order valence-corrected chi connectivity index (χ1v) is 6.66. The van der Waals surface area contributed by atoms with Crippen LogP contribution >= 0.6 is 0 Å². The Balaban J connectivity index is 3.01. The van der Waals surface area contributed by atoms with Crippen molar-refractivity contribution in [2.24, 2.45) is 5.92 Å². The molecule has 0 heterocycles. The summed E-state index contributed by atoms with van der Waals surface area (Å²) in [6.07, 6.45) is -1.17. The summed E-state index contributed by atoms with van der Waals surface area (Å²) in [6, 6.07) is 4.91. The smallest absolute Gasteiger partial charge is 0.164 e. The highest BCUT2D eigenvalue weighted by atomic mass is 19.1. The SMILES string of the molecule is C=C(O)C(CC(=O)c1ccc(C)c(C(C)F)c1)C(=C)OC. The van der Waals surface area contributed by atoms with E-state index in [9.17, 15) is 14.3 Å².